The van der Waals surface area contributed by atoms with Gasteiger partial charge in [0.05, 0.1) is 10.7 Å². The molecule has 0 atom stereocenters. The van der Waals surface area contributed by atoms with Crippen LogP contribution < -0.4 is 10.2 Å². The first-order valence-corrected chi connectivity index (χ1v) is 6.29. The zero-order valence-corrected chi connectivity index (χ0v) is 11.1. The lowest BCUT2D eigenvalue weighted by Crippen LogP contribution is -2.29. The third-order valence-electron chi connectivity index (χ3n) is 3.01. The summed E-state index contributed by atoms with van der Waals surface area (Å²) < 4.78 is 0. The van der Waals surface area contributed by atoms with Crippen LogP contribution in [0.1, 0.15) is 19.0 Å². The minimum absolute atomic E-state index is 0.704. The SMILES string of the molecule is CNCc1nc(N2CC=C(C)CC2)ccc1Cl. The van der Waals surface area contributed by atoms with Crippen LogP contribution in [0.25, 0.3) is 0 Å². The van der Waals surface area contributed by atoms with Crippen molar-refractivity contribution in [2.24, 2.45) is 0 Å². The number of nitrogens with zero attached hydrogens (tertiary/aromatic N) is 2. The van der Waals surface area contributed by atoms with Crippen LogP contribution in [0, 0.1) is 0 Å². The molecule has 1 aliphatic rings. The fourth-order valence-electron chi connectivity index (χ4n) is 1.92. The van der Waals surface area contributed by atoms with Gasteiger partial charge in [0, 0.05) is 19.6 Å². The molecule has 0 bridgehead atoms. The lowest BCUT2D eigenvalue weighted by molar-refractivity contribution is 0.754. The number of halogens is 1. The molecule has 0 saturated heterocycles. The fraction of sp³-hybridized carbons (Fsp3) is 0.462. The predicted octanol–water partition coefficient (Wildman–Crippen LogP) is 2.61. The van der Waals surface area contributed by atoms with Crippen molar-refractivity contribution in [3.63, 3.8) is 0 Å². The highest BCUT2D eigenvalue weighted by Gasteiger charge is 2.12. The van der Waals surface area contributed by atoms with Crippen LogP contribution in [0.5, 0.6) is 0 Å². The molecule has 0 aromatic carbocycles. The molecule has 17 heavy (non-hydrogen) atoms. The number of nitrogens with one attached hydrogen (secondary N) is 1. The van der Waals surface area contributed by atoms with Gasteiger partial charge in [-0.25, -0.2) is 4.98 Å². The van der Waals surface area contributed by atoms with E-state index < -0.39 is 0 Å². The molecule has 0 unspecified atom stereocenters. The molecule has 2 rings (SSSR count). The van der Waals surface area contributed by atoms with E-state index in [0.717, 1.165) is 36.0 Å². The third-order valence-corrected chi connectivity index (χ3v) is 3.35. The molecule has 92 valence electrons. The minimum Gasteiger partial charge on any atom is -0.353 e. The second-order valence-electron chi connectivity index (χ2n) is 4.37. The van der Waals surface area contributed by atoms with Crippen molar-refractivity contribution in [1.82, 2.24) is 10.3 Å². The van der Waals surface area contributed by atoms with Gasteiger partial charge in [-0.05, 0) is 32.5 Å². The molecule has 1 aromatic heterocycles. The Morgan fingerprint density at radius 1 is 1.47 bits per heavy atom. The van der Waals surface area contributed by atoms with Crippen molar-refractivity contribution in [3.05, 3.63) is 34.5 Å². The Morgan fingerprint density at radius 3 is 2.94 bits per heavy atom. The molecular weight excluding hydrogens is 234 g/mol. The van der Waals surface area contributed by atoms with Crippen molar-refractivity contribution in [3.8, 4) is 0 Å². The first-order chi connectivity index (χ1) is 8.20. The summed E-state index contributed by atoms with van der Waals surface area (Å²) in [5.41, 5.74) is 2.38. The van der Waals surface area contributed by atoms with Gasteiger partial charge in [-0.1, -0.05) is 23.3 Å². The van der Waals surface area contributed by atoms with Crippen LogP contribution >= 0.6 is 11.6 Å². The largest absolute Gasteiger partial charge is 0.353 e. The fourth-order valence-corrected chi connectivity index (χ4v) is 2.09. The van der Waals surface area contributed by atoms with Crippen molar-refractivity contribution in [2.75, 3.05) is 25.0 Å². The van der Waals surface area contributed by atoms with Crippen LogP contribution in [0.4, 0.5) is 5.82 Å². The Bertz CT molecular complexity index is 429. The normalized spacial score (nSPS) is 15.9. The van der Waals surface area contributed by atoms with E-state index in [9.17, 15) is 0 Å². The van der Waals surface area contributed by atoms with Crippen LogP contribution in [0.2, 0.25) is 5.02 Å². The van der Waals surface area contributed by atoms with E-state index in [4.69, 9.17) is 11.6 Å². The van der Waals surface area contributed by atoms with E-state index in [1.165, 1.54) is 5.57 Å². The second kappa shape index (κ2) is 5.52. The van der Waals surface area contributed by atoms with Crippen LogP contribution in [-0.4, -0.2) is 25.1 Å². The zero-order valence-electron chi connectivity index (χ0n) is 10.3. The summed E-state index contributed by atoms with van der Waals surface area (Å²) in [4.78, 5) is 6.89. The minimum atomic E-state index is 0.704. The standard InChI is InChI=1S/C13H18ClN3/c1-10-5-7-17(8-6-10)13-4-3-11(14)12(16-13)9-15-2/h3-5,15H,6-9H2,1-2H3. The summed E-state index contributed by atoms with van der Waals surface area (Å²) >= 11 is 6.10. The Labute approximate surface area is 107 Å². The highest BCUT2D eigenvalue weighted by Crippen LogP contribution is 2.21. The molecular formula is C13H18ClN3. The Balaban J connectivity index is 2.19. The van der Waals surface area contributed by atoms with E-state index in [1.54, 1.807) is 0 Å². The van der Waals surface area contributed by atoms with Crippen molar-refractivity contribution >= 4 is 17.4 Å². The van der Waals surface area contributed by atoms with Gasteiger partial charge < -0.3 is 10.2 Å². The molecule has 0 aliphatic carbocycles. The number of aromatic nitrogens is 1. The lowest BCUT2D eigenvalue weighted by Gasteiger charge is -2.27. The van der Waals surface area contributed by atoms with E-state index in [1.807, 2.05) is 19.2 Å². The van der Waals surface area contributed by atoms with Gasteiger partial charge in [0.2, 0.25) is 0 Å². The Hall–Kier alpha value is -1.06. The van der Waals surface area contributed by atoms with Gasteiger partial charge in [0.15, 0.2) is 0 Å². The number of anilines is 1. The number of pyridine rings is 1. The Kier molecular flexibility index (Phi) is 4.02. The van der Waals surface area contributed by atoms with Gasteiger partial charge in [-0.2, -0.15) is 0 Å². The number of hydrogen-bond donors (Lipinski definition) is 1. The van der Waals surface area contributed by atoms with Crippen LogP contribution in [0.15, 0.2) is 23.8 Å². The van der Waals surface area contributed by atoms with Gasteiger partial charge in [-0.3, -0.25) is 0 Å². The van der Waals surface area contributed by atoms with Gasteiger partial charge in [-0.15, -0.1) is 0 Å². The molecule has 2 heterocycles. The molecule has 0 saturated carbocycles. The number of hydrogen-bond acceptors (Lipinski definition) is 3. The van der Waals surface area contributed by atoms with E-state index >= 15 is 0 Å². The molecule has 0 radical (unpaired) electrons. The molecule has 0 spiro atoms. The molecule has 1 aliphatic heterocycles. The highest BCUT2D eigenvalue weighted by atomic mass is 35.5. The third kappa shape index (κ3) is 2.99. The van der Waals surface area contributed by atoms with Gasteiger partial charge in [0.1, 0.15) is 5.82 Å². The molecule has 0 amide bonds. The lowest BCUT2D eigenvalue weighted by atomic mass is 10.1. The summed E-state index contributed by atoms with van der Waals surface area (Å²) in [5.74, 6) is 1.02. The average Bonchev–Trinajstić information content (AvgIpc) is 2.33. The van der Waals surface area contributed by atoms with E-state index in [2.05, 4.69) is 28.2 Å². The van der Waals surface area contributed by atoms with Crippen LogP contribution in [-0.2, 0) is 6.54 Å². The van der Waals surface area contributed by atoms with E-state index in [-0.39, 0.29) is 0 Å². The second-order valence-corrected chi connectivity index (χ2v) is 4.78. The van der Waals surface area contributed by atoms with Crippen molar-refractivity contribution in [1.29, 1.82) is 0 Å². The monoisotopic (exact) mass is 251 g/mol. The summed E-state index contributed by atoms with van der Waals surface area (Å²) in [6.45, 7) is 4.86. The highest BCUT2D eigenvalue weighted by molar-refractivity contribution is 6.31. The summed E-state index contributed by atoms with van der Waals surface area (Å²) in [6, 6.07) is 3.93. The first kappa shape index (κ1) is 12.4. The van der Waals surface area contributed by atoms with Gasteiger partial charge in [0.25, 0.3) is 0 Å². The first-order valence-electron chi connectivity index (χ1n) is 5.91. The molecule has 1 N–H and O–H groups in total. The number of rotatable bonds is 3. The Morgan fingerprint density at radius 2 is 2.29 bits per heavy atom. The summed E-state index contributed by atoms with van der Waals surface area (Å²) in [7, 11) is 1.90. The predicted molar refractivity (Wildman–Crippen MR) is 72.6 cm³/mol. The maximum atomic E-state index is 6.10. The average molecular weight is 252 g/mol. The zero-order chi connectivity index (χ0) is 12.3. The van der Waals surface area contributed by atoms with Crippen molar-refractivity contribution in [2.45, 2.75) is 19.9 Å². The molecule has 4 heteroatoms. The maximum Gasteiger partial charge on any atom is 0.129 e. The van der Waals surface area contributed by atoms with Gasteiger partial charge >= 0.3 is 0 Å². The summed E-state index contributed by atoms with van der Waals surface area (Å²) in [6.07, 6.45) is 3.38. The smallest absolute Gasteiger partial charge is 0.129 e. The molecule has 0 fully saturated rings. The molecule has 1 aromatic rings. The topological polar surface area (TPSA) is 28.2 Å². The molecule has 3 nitrogen and oxygen atoms in total. The quantitative estimate of drug-likeness (QED) is 0.837. The van der Waals surface area contributed by atoms with Crippen molar-refractivity contribution < 1.29 is 0 Å². The van der Waals surface area contributed by atoms with E-state index in [0.29, 0.717) is 6.54 Å². The maximum absolute atomic E-state index is 6.10. The van der Waals surface area contributed by atoms with Crippen LogP contribution in [0.3, 0.4) is 0 Å². The summed E-state index contributed by atoms with van der Waals surface area (Å²) in [5, 5.41) is 3.81.